The Bertz CT molecular complexity index is 174. The van der Waals surface area contributed by atoms with Crippen molar-refractivity contribution in [3.63, 3.8) is 0 Å². The monoisotopic (exact) mass is 237 g/mol. The molecule has 1 nitrogen and oxygen atoms in total. The standard InChI is InChI=1S/C12H22F3N/c13-12(14,15)8-4-5-9-16-10-11-6-2-1-3-7-11/h11,16H,1-10H2. The van der Waals surface area contributed by atoms with Crippen LogP contribution >= 0.6 is 0 Å². The minimum Gasteiger partial charge on any atom is -0.316 e. The maximum absolute atomic E-state index is 11.8. The number of hydrogen-bond donors (Lipinski definition) is 1. The second-order valence-corrected chi connectivity index (χ2v) is 4.78. The minimum atomic E-state index is -3.98. The molecule has 0 amide bonds. The van der Waals surface area contributed by atoms with Gasteiger partial charge >= 0.3 is 6.18 Å². The maximum Gasteiger partial charge on any atom is 0.389 e. The van der Waals surface area contributed by atoms with E-state index in [0.717, 1.165) is 19.0 Å². The molecule has 96 valence electrons. The van der Waals surface area contributed by atoms with Crippen molar-refractivity contribution in [1.82, 2.24) is 5.32 Å². The molecule has 1 aliphatic rings. The molecule has 0 bridgehead atoms. The fourth-order valence-electron chi connectivity index (χ4n) is 2.27. The third kappa shape index (κ3) is 7.09. The summed E-state index contributed by atoms with van der Waals surface area (Å²) in [7, 11) is 0. The van der Waals surface area contributed by atoms with E-state index in [1.807, 2.05) is 0 Å². The highest BCUT2D eigenvalue weighted by Crippen LogP contribution is 2.23. The summed E-state index contributed by atoms with van der Waals surface area (Å²) in [5, 5.41) is 3.27. The molecule has 4 heteroatoms. The van der Waals surface area contributed by atoms with Crippen LogP contribution in [0.4, 0.5) is 13.2 Å². The van der Waals surface area contributed by atoms with Crippen molar-refractivity contribution >= 4 is 0 Å². The van der Waals surface area contributed by atoms with Crippen molar-refractivity contribution in [3.05, 3.63) is 0 Å². The molecule has 1 rings (SSSR count). The maximum atomic E-state index is 11.8. The van der Waals surface area contributed by atoms with Crippen LogP contribution in [0.2, 0.25) is 0 Å². The summed E-state index contributed by atoms with van der Waals surface area (Å²) in [6.07, 6.45) is 2.82. The average molecular weight is 237 g/mol. The van der Waals surface area contributed by atoms with Crippen LogP contribution < -0.4 is 5.32 Å². The molecule has 1 saturated carbocycles. The van der Waals surface area contributed by atoms with Gasteiger partial charge < -0.3 is 5.32 Å². The lowest BCUT2D eigenvalue weighted by Crippen LogP contribution is -2.25. The fraction of sp³-hybridized carbons (Fsp3) is 1.00. The Balaban J connectivity index is 1.87. The van der Waals surface area contributed by atoms with Crippen LogP contribution in [-0.2, 0) is 0 Å². The third-order valence-electron chi connectivity index (χ3n) is 3.22. The smallest absolute Gasteiger partial charge is 0.316 e. The van der Waals surface area contributed by atoms with Crippen molar-refractivity contribution < 1.29 is 13.2 Å². The van der Waals surface area contributed by atoms with Crippen molar-refractivity contribution in [2.24, 2.45) is 5.92 Å². The number of halogens is 3. The molecule has 0 aliphatic heterocycles. The molecular weight excluding hydrogens is 215 g/mol. The van der Waals surface area contributed by atoms with E-state index in [9.17, 15) is 13.2 Å². The van der Waals surface area contributed by atoms with E-state index in [1.54, 1.807) is 0 Å². The molecule has 0 heterocycles. The third-order valence-corrected chi connectivity index (χ3v) is 3.22. The van der Waals surface area contributed by atoms with Crippen molar-refractivity contribution in [3.8, 4) is 0 Å². The quantitative estimate of drug-likeness (QED) is 0.691. The number of nitrogens with one attached hydrogen (secondary N) is 1. The zero-order valence-electron chi connectivity index (χ0n) is 9.78. The molecule has 0 unspecified atom stereocenters. The van der Waals surface area contributed by atoms with E-state index < -0.39 is 12.6 Å². The van der Waals surface area contributed by atoms with Gasteiger partial charge in [-0.05, 0) is 44.7 Å². The molecule has 0 aromatic heterocycles. The summed E-state index contributed by atoms with van der Waals surface area (Å²) in [6.45, 7) is 1.72. The van der Waals surface area contributed by atoms with Crippen LogP contribution in [0, 0.1) is 5.92 Å². The fourth-order valence-corrected chi connectivity index (χ4v) is 2.27. The minimum absolute atomic E-state index is 0.251. The van der Waals surface area contributed by atoms with E-state index in [2.05, 4.69) is 5.32 Å². The topological polar surface area (TPSA) is 12.0 Å². The number of alkyl halides is 3. The molecule has 0 aromatic rings. The summed E-state index contributed by atoms with van der Waals surface area (Å²) in [5.74, 6) is 0.761. The SMILES string of the molecule is FC(F)(F)CCCCNCC1CCCCC1. The largest absolute Gasteiger partial charge is 0.389 e. The van der Waals surface area contributed by atoms with Crippen LogP contribution in [0.25, 0.3) is 0 Å². The highest BCUT2D eigenvalue weighted by Gasteiger charge is 2.25. The zero-order chi connectivity index (χ0) is 11.9. The molecular formula is C12H22F3N. The molecule has 0 radical (unpaired) electrons. The lowest BCUT2D eigenvalue weighted by molar-refractivity contribution is -0.135. The first-order valence-corrected chi connectivity index (χ1v) is 6.35. The Morgan fingerprint density at radius 2 is 1.69 bits per heavy atom. The lowest BCUT2D eigenvalue weighted by Gasteiger charge is -2.21. The molecule has 0 spiro atoms. The van der Waals surface area contributed by atoms with E-state index >= 15 is 0 Å². The predicted molar refractivity (Wildman–Crippen MR) is 59.4 cm³/mol. The van der Waals surface area contributed by atoms with Gasteiger partial charge in [-0.25, -0.2) is 0 Å². The second-order valence-electron chi connectivity index (χ2n) is 4.78. The first kappa shape index (κ1) is 13.8. The van der Waals surface area contributed by atoms with E-state index in [4.69, 9.17) is 0 Å². The summed E-state index contributed by atoms with van der Waals surface area (Å²) in [6, 6.07) is 0. The number of unbranched alkanes of at least 4 members (excludes halogenated alkanes) is 1. The number of hydrogen-bond acceptors (Lipinski definition) is 1. The molecule has 0 aromatic carbocycles. The van der Waals surface area contributed by atoms with Gasteiger partial charge in [-0.3, -0.25) is 0 Å². The molecule has 1 fully saturated rings. The average Bonchev–Trinajstić information content (AvgIpc) is 2.23. The van der Waals surface area contributed by atoms with Gasteiger partial charge in [-0.1, -0.05) is 19.3 Å². The van der Waals surface area contributed by atoms with Crippen LogP contribution in [0.5, 0.6) is 0 Å². The molecule has 16 heavy (non-hydrogen) atoms. The highest BCUT2D eigenvalue weighted by molar-refractivity contribution is 4.67. The summed E-state index contributed by atoms with van der Waals surface area (Å²) in [5.41, 5.74) is 0. The van der Waals surface area contributed by atoms with Gasteiger partial charge in [0.15, 0.2) is 0 Å². The van der Waals surface area contributed by atoms with Gasteiger partial charge in [0.25, 0.3) is 0 Å². The Morgan fingerprint density at radius 3 is 2.31 bits per heavy atom. The van der Waals surface area contributed by atoms with Gasteiger partial charge in [0.2, 0.25) is 0 Å². The van der Waals surface area contributed by atoms with Gasteiger partial charge in [0.1, 0.15) is 0 Å². The van der Waals surface area contributed by atoms with Crippen LogP contribution in [0.15, 0.2) is 0 Å². The van der Waals surface area contributed by atoms with Gasteiger partial charge in [0.05, 0.1) is 0 Å². The highest BCUT2D eigenvalue weighted by atomic mass is 19.4. The van der Waals surface area contributed by atoms with Crippen LogP contribution in [0.3, 0.4) is 0 Å². The Kier molecular flexibility index (Phi) is 6.17. The summed E-state index contributed by atoms with van der Waals surface area (Å²) < 4.78 is 35.5. The first-order valence-electron chi connectivity index (χ1n) is 6.35. The van der Waals surface area contributed by atoms with Crippen molar-refractivity contribution in [2.75, 3.05) is 13.1 Å². The van der Waals surface area contributed by atoms with Gasteiger partial charge in [0, 0.05) is 6.42 Å². The Labute approximate surface area is 95.8 Å². The van der Waals surface area contributed by atoms with Crippen LogP contribution in [0.1, 0.15) is 51.4 Å². The summed E-state index contributed by atoms with van der Waals surface area (Å²) >= 11 is 0. The molecule has 0 saturated heterocycles. The van der Waals surface area contributed by atoms with E-state index in [1.165, 1.54) is 32.1 Å². The van der Waals surface area contributed by atoms with Gasteiger partial charge in [-0.2, -0.15) is 13.2 Å². The Morgan fingerprint density at radius 1 is 1.00 bits per heavy atom. The predicted octanol–water partition coefficient (Wildman–Crippen LogP) is 3.89. The molecule has 1 aliphatic carbocycles. The molecule has 0 atom stereocenters. The molecule has 1 N–H and O–H groups in total. The lowest BCUT2D eigenvalue weighted by atomic mass is 9.89. The van der Waals surface area contributed by atoms with E-state index in [0.29, 0.717) is 6.42 Å². The second kappa shape index (κ2) is 7.15. The van der Waals surface area contributed by atoms with Crippen LogP contribution in [-0.4, -0.2) is 19.3 Å². The zero-order valence-corrected chi connectivity index (χ0v) is 9.78. The number of rotatable bonds is 6. The Hall–Kier alpha value is -0.250. The summed E-state index contributed by atoms with van der Waals surface area (Å²) in [4.78, 5) is 0. The first-order chi connectivity index (χ1) is 7.58. The van der Waals surface area contributed by atoms with Crippen molar-refractivity contribution in [2.45, 2.75) is 57.5 Å². The van der Waals surface area contributed by atoms with E-state index in [-0.39, 0.29) is 6.42 Å². The normalized spacial score (nSPS) is 18.9. The van der Waals surface area contributed by atoms with Gasteiger partial charge in [-0.15, -0.1) is 0 Å². The van der Waals surface area contributed by atoms with Crippen molar-refractivity contribution in [1.29, 1.82) is 0 Å².